The highest BCUT2D eigenvalue weighted by molar-refractivity contribution is 6.28. The van der Waals surface area contributed by atoms with Crippen LogP contribution in [-0.2, 0) is 12.8 Å². The standard InChI is InChI=1S/C20H24ClN3O/c1-25-18-7-3-5-15-9-11-16(24-20(15)18)10-8-14-4-2-6-17(12-14)23-19(22)13-21/h2-7,12,16,24H,8-11,13H2,1H3,(H2,22,23). The van der Waals surface area contributed by atoms with Gasteiger partial charge in [-0.3, -0.25) is 0 Å². The summed E-state index contributed by atoms with van der Waals surface area (Å²) in [5.74, 6) is 1.61. The first-order valence-electron chi connectivity index (χ1n) is 8.60. The maximum atomic E-state index is 5.71. The van der Waals surface area contributed by atoms with E-state index in [1.807, 2.05) is 18.2 Å². The second kappa shape index (κ2) is 8.26. The molecule has 1 unspecified atom stereocenters. The van der Waals surface area contributed by atoms with Gasteiger partial charge in [0.15, 0.2) is 0 Å². The predicted molar refractivity (Wildman–Crippen MR) is 105 cm³/mol. The highest BCUT2D eigenvalue weighted by atomic mass is 35.5. The fourth-order valence-electron chi connectivity index (χ4n) is 3.26. The van der Waals surface area contributed by atoms with E-state index in [1.165, 1.54) is 11.1 Å². The first kappa shape index (κ1) is 17.6. The Hall–Kier alpha value is -2.20. The monoisotopic (exact) mass is 357 g/mol. The van der Waals surface area contributed by atoms with Crippen molar-refractivity contribution in [3.8, 4) is 5.75 Å². The SMILES string of the molecule is COc1cccc2c1NC(CCc1cccc(N=C(N)CCl)c1)CC2. The Bertz CT molecular complexity index is 746. The molecule has 1 aliphatic heterocycles. The van der Waals surface area contributed by atoms with Crippen molar-refractivity contribution in [3.63, 3.8) is 0 Å². The fraction of sp³-hybridized carbons (Fsp3) is 0.350. The molecule has 1 atom stereocenters. The van der Waals surface area contributed by atoms with Crippen LogP contribution < -0.4 is 15.8 Å². The predicted octanol–water partition coefficient (Wildman–Crippen LogP) is 4.28. The van der Waals surface area contributed by atoms with Crippen LogP contribution in [0.4, 0.5) is 11.4 Å². The number of hydrogen-bond donors (Lipinski definition) is 2. The minimum Gasteiger partial charge on any atom is -0.495 e. The number of amidine groups is 1. The third-order valence-electron chi connectivity index (χ3n) is 4.54. The molecule has 0 saturated heterocycles. The van der Waals surface area contributed by atoms with Crippen molar-refractivity contribution in [2.75, 3.05) is 18.3 Å². The van der Waals surface area contributed by atoms with E-state index in [1.54, 1.807) is 7.11 Å². The Balaban J connectivity index is 1.64. The van der Waals surface area contributed by atoms with Crippen molar-refractivity contribution in [2.24, 2.45) is 10.7 Å². The molecule has 0 fully saturated rings. The van der Waals surface area contributed by atoms with Crippen LogP contribution in [0.2, 0.25) is 0 Å². The number of nitrogens with two attached hydrogens (primary N) is 1. The van der Waals surface area contributed by atoms with Gasteiger partial charge in [0.1, 0.15) is 11.6 Å². The van der Waals surface area contributed by atoms with Crippen LogP contribution in [0.5, 0.6) is 5.75 Å². The number of aliphatic imine (C=N–C) groups is 1. The van der Waals surface area contributed by atoms with Crippen LogP contribution >= 0.6 is 11.6 Å². The van der Waals surface area contributed by atoms with Gasteiger partial charge in [-0.1, -0.05) is 24.3 Å². The molecule has 5 heteroatoms. The third-order valence-corrected chi connectivity index (χ3v) is 4.82. The fourth-order valence-corrected chi connectivity index (χ4v) is 3.32. The average molecular weight is 358 g/mol. The zero-order valence-electron chi connectivity index (χ0n) is 14.5. The lowest BCUT2D eigenvalue weighted by atomic mass is 9.93. The molecule has 0 aliphatic carbocycles. The molecule has 3 N–H and O–H groups in total. The minimum atomic E-state index is 0.247. The zero-order valence-corrected chi connectivity index (χ0v) is 15.2. The molecule has 1 heterocycles. The van der Waals surface area contributed by atoms with E-state index in [2.05, 4.69) is 34.6 Å². The molecule has 0 radical (unpaired) electrons. The summed E-state index contributed by atoms with van der Waals surface area (Å²) in [7, 11) is 1.72. The molecular weight excluding hydrogens is 334 g/mol. The van der Waals surface area contributed by atoms with Gasteiger partial charge in [-0.25, -0.2) is 4.99 Å². The summed E-state index contributed by atoms with van der Waals surface area (Å²) in [6.07, 6.45) is 4.28. The van der Waals surface area contributed by atoms with Gasteiger partial charge in [0.05, 0.1) is 24.4 Å². The van der Waals surface area contributed by atoms with Gasteiger partial charge < -0.3 is 15.8 Å². The molecule has 0 saturated carbocycles. The lowest BCUT2D eigenvalue weighted by Gasteiger charge is -2.28. The smallest absolute Gasteiger partial charge is 0.142 e. The number of ether oxygens (including phenoxy) is 1. The number of alkyl halides is 1. The van der Waals surface area contributed by atoms with E-state index in [-0.39, 0.29) is 5.88 Å². The number of rotatable bonds is 6. The number of aryl methyl sites for hydroxylation is 2. The molecule has 3 rings (SSSR count). The zero-order chi connectivity index (χ0) is 17.6. The molecule has 2 aromatic carbocycles. The van der Waals surface area contributed by atoms with Crippen molar-refractivity contribution in [1.29, 1.82) is 0 Å². The molecular formula is C20H24ClN3O. The highest BCUT2D eigenvalue weighted by Gasteiger charge is 2.20. The summed E-state index contributed by atoms with van der Waals surface area (Å²) in [5.41, 5.74) is 10.3. The molecule has 132 valence electrons. The highest BCUT2D eigenvalue weighted by Crippen LogP contribution is 2.34. The molecule has 1 aliphatic rings. The molecule has 0 amide bonds. The van der Waals surface area contributed by atoms with E-state index in [0.717, 1.165) is 42.8 Å². The van der Waals surface area contributed by atoms with E-state index in [4.69, 9.17) is 22.1 Å². The summed E-state index contributed by atoms with van der Waals surface area (Å²) < 4.78 is 5.49. The van der Waals surface area contributed by atoms with Crippen LogP contribution in [0.25, 0.3) is 0 Å². The van der Waals surface area contributed by atoms with Gasteiger partial charge in [-0.15, -0.1) is 11.6 Å². The number of methoxy groups -OCH3 is 1. The Labute approximate surface area is 154 Å². The number of halogens is 1. The number of fused-ring (bicyclic) bond motifs is 1. The summed E-state index contributed by atoms with van der Waals surface area (Å²) >= 11 is 5.70. The second-order valence-corrected chi connectivity index (χ2v) is 6.59. The van der Waals surface area contributed by atoms with Crippen molar-refractivity contribution in [3.05, 3.63) is 53.6 Å². The first-order valence-corrected chi connectivity index (χ1v) is 9.13. The van der Waals surface area contributed by atoms with Crippen molar-refractivity contribution in [2.45, 2.75) is 31.7 Å². The molecule has 0 bridgehead atoms. The summed E-state index contributed by atoms with van der Waals surface area (Å²) in [4.78, 5) is 4.32. The molecule has 0 aromatic heterocycles. The molecule has 4 nitrogen and oxygen atoms in total. The Morgan fingerprint density at radius 3 is 2.96 bits per heavy atom. The normalized spacial score (nSPS) is 16.9. The van der Waals surface area contributed by atoms with Gasteiger partial charge in [0.25, 0.3) is 0 Å². The number of anilines is 1. The van der Waals surface area contributed by atoms with Crippen LogP contribution in [0, 0.1) is 0 Å². The molecule has 25 heavy (non-hydrogen) atoms. The van der Waals surface area contributed by atoms with Gasteiger partial charge >= 0.3 is 0 Å². The van der Waals surface area contributed by atoms with Crippen LogP contribution in [0.15, 0.2) is 47.5 Å². The molecule has 0 spiro atoms. The first-order chi connectivity index (χ1) is 12.2. The van der Waals surface area contributed by atoms with E-state index < -0.39 is 0 Å². The topological polar surface area (TPSA) is 59.6 Å². The number of nitrogens with one attached hydrogen (secondary N) is 1. The van der Waals surface area contributed by atoms with Crippen LogP contribution in [0.1, 0.15) is 24.0 Å². The van der Waals surface area contributed by atoms with E-state index in [9.17, 15) is 0 Å². The lowest BCUT2D eigenvalue weighted by molar-refractivity contribution is 0.413. The van der Waals surface area contributed by atoms with E-state index >= 15 is 0 Å². The van der Waals surface area contributed by atoms with Gasteiger partial charge in [-0.05, 0) is 55.0 Å². The summed E-state index contributed by atoms with van der Waals surface area (Å²) in [6.45, 7) is 0. The number of nitrogens with zero attached hydrogens (tertiary/aromatic N) is 1. The van der Waals surface area contributed by atoms with Crippen LogP contribution in [-0.4, -0.2) is 24.9 Å². The van der Waals surface area contributed by atoms with Gasteiger partial charge in [-0.2, -0.15) is 0 Å². The van der Waals surface area contributed by atoms with Crippen molar-refractivity contribution >= 4 is 28.8 Å². The third kappa shape index (κ3) is 4.45. The summed E-state index contributed by atoms with van der Waals surface area (Å²) in [6, 6.07) is 14.9. The quantitative estimate of drug-likeness (QED) is 0.461. The van der Waals surface area contributed by atoms with Crippen molar-refractivity contribution in [1.82, 2.24) is 0 Å². The second-order valence-electron chi connectivity index (χ2n) is 6.32. The number of hydrogen-bond acceptors (Lipinski definition) is 3. The maximum Gasteiger partial charge on any atom is 0.142 e. The number of para-hydroxylation sites is 1. The Kier molecular flexibility index (Phi) is 5.82. The minimum absolute atomic E-state index is 0.247. The lowest BCUT2D eigenvalue weighted by Crippen LogP contribution is -2.26. The largest absolute Gasteiger partial charge is 0.495 e. The van der Waals surface area contributed by atoms with E-state index in [0.29, 0.717) is 11.9 Å². The number of benzene rings is 2. The van der Waals surface area contributed by atoms with Gasteiger partial charge in [0.2, 0.25) is 0 Å². The Morgan fingerprint density at radius 1 is 1.32 bits per heavy atom. The summed E-state index contributed by atoms with van der Waals surface area (Å²) in [5, 5.41) is 3.65. The maximum absolute atomic E-state index is 5.71. The molecule has 2 aromatic rings. The van der Waals surface area contributed by atoms with Crippen molar-refractivity contribution < 1.29 is 4.74 Å². The average Bonchev–Trinajstić information content (AvgIpc) is 2.66. The van der Waals surface area contributed by atoms with Gasteiger partial charge in [0, 0.05) is 6.04 Å². The Morgan fingerprint density at radius 2 is 2.16 bits per heavy atom. The van der Waals surface area contributed by atoms with Crippen LogP contribution in [0.3, 0.4) is 0 Å².